The molecular formula is C15H25N3O5. The first-order valence-electron chi connectivity index (χ1n) is 7.61. The van der Waals surface area contributed by atoms with Crippen LogP contribution in [0, 0.1) is 0 Å². The van der Waals surface area contributed by atoms with E-state index >= 15 is 0 Å². The van der Waals surface area contributed by atoms with Gasteiger partial charge in [-0.05, 0) is 37.0 Å². The third-order valence-corrected chi connectivity index (χ3v) is 3.31. The number of aromatic hydroxyl groups is 1. The fourth-order valence-electron chi connectivity index (χ4n) is 2.05. The van der Waals surface area contributed by atoms with Gasteiger partial charge in [-0.15, -0.1) is 0 Å². The fourth-order valence-corrected chi connectivity index (χ4v) is 2.05. The van der Waals surface area contributed by atoms with E-state index in [1.807, 2.05) is 0 Å². The number of unbranched alkanes of at least 4 members (excludes halogenated alkanes) is 3. The number of phenols is 1. The SMILES string of the molecule is NC(Cc1ccc(O)cc1)C(=O)NCCCCCCON(O)O. The predicted molar refractivity (Wildman–Crippen MR) is 82.6 cm³/mol. The van der Waals surface area contributed by atoms with Crippen molar-refractivity contribution in [2.45, 2.75) is 38.1 Å². The van der Waals surface area contributed by atoms with E-state index in [1.54, 1.807) is 24.3 Å². The number of carbonyl (C=O) groups is 1. The van der Waals surface area contributed by atoms with E-state index < -0.39 is 6.04 Å². The van der Waals surface area contributed by atoms with Crippen molar-refractivity contribution in [2.24, 2.45) is 5.73 Å². The summed E-state index contributed by atoms with van der Waals surface area (Å²) in [5.74, 6) is -0.0135. The number of rotatable bonds is 11. The highest BCUT2D eigenvalue weighted by Crippen LogP contribution is 2.10. The molecular weight excluding hydrogens is 302 g/mol. The van der Waals surface area contributed by atoms with E-state index in [1.165, 1.54) is 0 Å². The van der Waals surface area contributed by atoms with Gasteiger partial charge < -0.3 is 16.2 Å². The van der Waals surface area contributed by atoms with Gasteiger partial charge in [0, 0.05) is 6.54 Å². The lowest BCUT2D eigenvalue weighted by Gasteiger charge is -2.12. The van der Waals surface area contributed by atoms with Crippen molar-refractivity contribution in [3.8, 4) is 5.75 Å². The molecule has 0 aliphatic rings. The second kappa shape index (κ2) is 10.9. The van der Waals surface area contributed by atoms with E-state index in [0.29, 0.717) is 19.4 Å². The molecule has 1 rings (SSSR count). The molecule has 0 aliphatic heterocycles. The summed E-state index contributed by atoms with van der Waals surface area (Å²) in [6, 6.07) is 6.00. The summed E-state index contributed by atoms with van der Waals surface area (Å²) < 4.78 is 0. The molecule has 1 aromatic carbocycles. The van der Waals surface area contributed by atoms with Gasteiger partial charge in [0.05, 0.1) is 18.0 Å². The molecule has 0 fully saturated rings. The van der Waals surface area contributed by atoms with Crippen molar-refractivity contribution in [3.05, 3.63) is 29.8 Å². The second-order valence-corrected chi connectivity index (χ2v) is 5.27. The normalized spacial score (nSPS) is 12.3. The lowest BCUT2D eigenvalue weighted by Crippen LogP contribution is -2.42. The zero-order valence-corrected chi connectivity index (χ0v) is 13.0. The summed E-state index contributed by atoms with van der Waals surface area (Å²) in [5, 5.41) is 28.3. The Morgan fingerprint density at radius 1 is 1.17 bits per heavy atom. The minimum Gasteiger partial charge on any atom is -0.508 e. The van der Waals surface area contributed by atoms with Gasteiger partial charge in [-0.25, -0.2) is 0 Å². The van der Waals surface area contributed by atoms with E-state index in [9.17, 15) is 9.90 Å². The van der Waals surface area contributed by atoms with Gasteiger partial charge in [0.25, 0.3) is 0 Å². The van der Waals surface area contributed by atoms with Crippen LogP contribution in [0.4, 0.5) is 0 Å². The molecule has 0 heterocycles. The number of nitrogens with two attached hydrogens (primary N) is 1. The number of nitrogens with zero attached hydrogens (tertiary/aromatic N) is 1. The number of nitrogens with one attached hydrogen (secondary N) is 1. The van der Waals surface area contributed by atoms with Gasteiger partial charge in [-0.3, -0.25) is 20.0 Å². The van der Waals surface area contributed by atoms with Crippen LogP contribution in [-0.2, 0) is 16.1 Å². The lowest BCUT2D eigenvalue weighted by atomic mass is 10.1. The summed E-state index contributed by atoms with van der Waals surface area (Å²) >= 11 is 0. The van der Waals surface area contributed by atoms with E-state index in [2.05, 4.69) is 10.2 Å². The Morgan fingerprint density at radius 2 is 1.83 bits per heavy atom. The molecule has 1 atom stereocenters. The average molecular weight is 327 g/mol. The topological polar surface area (TPSA) is 128 Å². The van der Waals surface area contributed by atoms with Gasteiger partial charge >= 0.3 is 0 Å². The van der Waals surface area contributed by atoms with Gasteiger partial charge in [0.1, 0.15) is 5.75 Å². The number of hydrogen-bond donors (Lipinski definition) is 5. The van der Waals surface area contributed by atoms with Crippen LogP contribution in [0.1, 0.15) is 31.2 Å². The molecule has 23 heavy (non-hydrogen) atoms. The summed E-state index contributed by atoms with van der Waals surface area (Å²) in [4.78, 5) is 16.3. The Balaban J connectivity index is 2.08. The average Bonchev–Trinajstić information content (AvgIpc) is 2.51. The molecule has 1 amide bonds. The molecule has 0 spiro atoms. The van der Waals surface area contributed by atoms with Crippen molar-refractivity contribution in [2.75, 3.05) is 13.2 Å². The molecule has 0 saturated carbocycles. The molecule has 0 aliphatic carbocycles. The van der Waals surface area contributed by atoms with Crippen LogP contribution in [0.25, 0.3) is 0 Å². The fraction of sp³-hybridized carbons (Fsp3) is 0.533. The Labute approximate surface area is 135 Å². The lowest BCUT2D eigenvalue weighted by molar-refractivity contribution is -0.492. The van der Waals surface area contributed by atoms with Crippen LogP contribution in [-0.4, -0.2) is 46.0 Å². The molecule has 130 valence electrons. The summed E-state index contributed by atoms with van der Waals surface area (Å²) in [6.45, 7) is 0.784. The number of carbonyl (C=O) groups excluding carboxylic acids is 1. The van der Waals surface area contributed by atoms with Crippen molar-refractivity contribution in [1.82, 2.24) is 10.7 Å². The number of phenolic OH excluding ortho intramolecular Hbond substituents is 1. The molecule has 0 bridgehead atoms. The van der Waals surface area contributed by atoms with Crippen LogP contribution in [0.2, 0.25) is 0 Å². The second-order valence-electron chi connectivity index (χ2n) is 5.27. The molecule has 8 nitrogen and oxygen atoms in total. The summed E-state index contributed by atoms with van der Waals surface area (Å²) in [7, 11) is 0. The third kappa shape index (κ3) is 9.11. The van der Waals surface area contributed by atoms with Gasteiger partial charge in [-0.1, -0.05) is 25.0 Å². The Hall–Kier alpha value is -1.71. The first-order valence-corrected chi connectivity index (χ1v) is 7.61. The van der Waals surface area contributed by atoms with Crippen LogP contribution in [0.5, 0.6) is 5.75 Å². The number of amides is 1. The van der Waals surface area contributed by atoms with Crippen molar-refractivity contribution < 1.29 is 25.2 Å². The van der Waals surface area contributed by atoms with Crippen LogP contribution in [0.15, 0.2) is 24.3 Å². The maximum atomic E-state index is 11.9. The van der Waals surface area contributed by atoms with E-state index in [4.69, 9.17) is 16.1 Å². The van der Waals surface area contributed by atoms with Gasteiger partial charge in [-0.2, -0.15) is 0 Å². The van der Waals surface area contributed by atoms with Crippen molar-refractivity contribution in [3.63, 3.8) is 0 Å². The predicted octanol–water partition coefficient (Wildman–Crippen LogP) is 0.951. The van der Waals surface area contributed by atoms with Crippen LogP contribution >= 0.6 is 0 Å². The molecule has 8 heteroatoms. The zero-order valence-electron chi connectivity index (χ0n) is 13.0. The molecule has 0 radical (unpaired) electrons. The molecule has 0 saturated heterocycles. The molecule has 1 aromatic rings. The van der Waals surface area contributed by atoms with E-state index in [-0.39, 0.29) is 23.7 Å². The third-order valence-electron chi connectivity index (χ3n) is 3.31. The minimum atomic E-state index is -0.618. The Kier molecular flexibility index (Phi) is 9.18. The van der Waals surface area contributed by atoms with E-state index in [0.717, 1.165) is 24.8 Å². The smallest absolute Gasteiger partial charge is 0.237 e. The molecule has 6 N–H and O–H groups in total. The number of benzene rings is 1. The first kappa shape index (κ1) is 19.3. The standard InChI is InChI=1S/C15H25N3O5/c16-14(11-12-5-7-13(19)8-6-12)15(20)17-9-3-1-2-4-10-23-18(21)22/h5-8,14,19,21-22H,1-4,9-11,16H2,(H,17,20). The summed E-state index contributed by atoms with van der Waals surface area (Å²) in [5.41, 5.74) is 6.75. The molecule has 0 aromatic heterocycles. The maximum Gasteiger partial charge on any atom is 0.237 e. The Bertz CT molecular complexity index is 453. The summed E-state index contributed by atoms with van der Waals surface area (Å²) in [6.07, 6.45) is 3.70. The quantitative estimate of drug-likeness (QED) is 0.302. The monoisotopic (exact) mass is 327 g/mol. The van der Waals surface area contributed by atoms with Crippen molar-refractivity contribution >= 4 is 5.91 Å². The van der Waals surface area contributed by atoms with Gasteiger partial charge in [0.2, 0.25) is 5.91 Å². The van der Waals surface area contributed by atoms with Crippen LogP contribution < -0.4 is 11.1 Å². The highest BCUT2D eigenvalue weighted by atomic mass is 17.1. The maximum absolute atomic E-state index is 11.9. The minimum absolute atomic E-state index is 0.183. The largest absolute Gasteiger partial charge is 0.508 e. The highest BCUT2D eigenvalue weighted by molar-refractivity contribution is 5.81. The highest BCUT2D eigenvalue weighted by Gasteiger charge is 2.13. The molecule has 1 unspecified atom stereocenters. The Morgan fingerprint density at radius 3 is 2.48 bits per heavy atom. The first-order chi connectivity index (χ1) is 11.0. The zero-order chi connectivity index (χ0) is 17.1. The van der Waals surface area contributed by atoms with Gasteiger partial charge in [0.15, 0.2) is 0 Å². The number of hydrogen-bond acceptors (Lipinski definition) is 7. The van der Waals surface area contributed by atoms with Crippen LogP contribution in [0.3, 0.4) is 0 Å². The van der Waals surface area contributed by atoms with Crippen molar-refractivity contribution in [1.29, 1.82) is 0 Å².